The van der Waals surface area contributed by atoms with Gasteiger partial charge in [-0.1, -0.05) is 12.1 Å². The summed E-state index contributed by atoms with van der Waals surface area (Å²) < 4.78 is 70.3. The summed E-state index contributed by atoms with van der Waals surface area (Å²) in [5, 5.41) is -0.0618. The van der Waals surface area contributed by atoms with E-state index in [4.69, 9.17) is 0 Å². The smallest absolute Gasteiger partial charge is 0.263 e. The van der Waals surface area contributed by atoms with Crippen LogP contribution in [0.2, 0.25) is 0 Å². The van der Waals surface area contributed by atoms with Crippen LogP contribution in [0.1, 0.15) is 0 Å². The van der Waals surface area contributed by atoms with Crippen molar-refractivity contribution in [2.75, 3.05) is 0 Å². The standard InChI is InChI=1S/C18H6F5N5O/c19-10-9(11(20)13(22)14(23)12(10)21)15-24-5-6-16(26-15)28-8-4-2-1-3-7(8)25-18(28)27-17(6)29/h1-5H,(H,25,27,29). The molecule has 1 N–H and O–H groups in total. The highest BCUT2D eigenvalue weighted by atomic mass is 19.2. The van der Waals surface area contributed by atoms with Crippen LogP contribution in [0.5, 0.6) is 0 Å². The highest BCUT2D eigenvalue weighted by Gasteiger charge is 2.28. The van der Waals surface area contributed by atoms with Crippen LogP contribution >= 0.6 is 0 Å². The maximum atomic E-state index is 14.2. The molecule has 5 aromatic rings. The molecule has 0 bridgehead atoms. The van der Waals surface area contributed by atoms with Gasteiger partial charge >= 0.3 is 0 Å². The molecule has 3 heterocycles. The first-order valence-electron chi connectivity index (χ1n) is 8.06. The summed E-state index contributed by atoms with van der Waals surface area (Å²) in [7, 11) is 0. The zero-order chi connectivity index (χ0) is 20.4. The Morgan fingerprint density at radius 1 is 0.862 bits per heavy atom. The summed E-state index contributed by atoms with van der Waals surface area (Å²) in [6, 6.07) is 6.73. The molecule has 11 heteroatoms. The number of benzene rings is 2. The monoisotopic (exact) mass is 403 g/mol. The molecule has 5 rings (SSSR count). The number of hydrogen-bond donors (Lipinski definition) is 1. The molecule has 0 unspecified atom stereocenters. The molecule has 0 radical (unpaired) electrons. The average molecular weight is 403 g/mol. The number of fused-ring (bicyclic) bond motifs is 5. The molecular formula is C18H6F5N5O. The van der Waals surface area contributed by atoms with E-state index in [-0.39, 0.29) is 16.8 Å². The van der Waals surface area contributed by atoms with Gasteiger partial charge in [0.25, 0.3) is 5.56 Å². The Balaban J connectivity index is 1.94. The predicted octanol–water partition coefficient (Wildman–Crippen LogP) is 3.48. The lowest BCUT2D eigenvalue weighted by molar-refractivity contribution is 0.381. The number of aromatic nitrogens is 5. The summed E-state index contributed by atoms with van der Waals surface area (Å²) in [6.07, 6.45) is 0.947. The fraction of sp³-hybridized carbons (Fsp3) is 0. The molecule has 0 saturated heterocycles. The molecule has 0 aliphatic heterocycles. The zero-order valence-corrected chi connectivity index (χ0v) is 14.0. The summed E-state index contributed by atoms with van der Waals surface area (Å²) >= 11 is 0. The lowest BCUT2D eigenvalue weighted by Gasteiger charge is -2.08. The second-order valence-electron chi connectivity index (χ2n) is 6.09. The van der Waals surface area contributed by atoms with E-state index in [1.54, 1.807) is 24.3 Å². The van der Waals surface area contributed by atoms with Crippen molar-refractivity contribution in [2.24, 2.45) is 0 Å². The van der Waals surface area contributed by atoms with E-state index in [9.17, 15) is 26.7 Å². The number of halogens is 5. The van der Waals surface area contributed by atoms with E-state index in [0.717, 1.165) is 6.20 Å². The van der Waals surface area contributed by atoms with Gasteiger partial charge in [-0.3, -0.25) is 14.2 Å². The number of nitrogens with one attached hydrogen (secondary N) is 1. The molecule has 0 aliphatic carbocycles. The summed E-state index contributed by atoms with van der Waals surface area (Å²) in [4.78, 5) is 26.6. The molecule has 0 amide bonds. The molecule has 29 heavy (non-hydrogen) atoms. The second kappa shape index (κ2) is 5.80. The van der Waals surface area contributed by atoms with Crippen molar-refractivity contribution in [3.8, 4) is 11.4 Å². The first-order valence-corrected chi connectivity index (χ1v) is 8.06. The first-order chi connectivity index (χ1) is 13.9. The number of H-pyrrole nitrogens is 1. The van der Waals surface area contributed by atoms with Gasteiger partial charge in [0.05, 0.1) is 16.6 Å². The molecular weight excluding hydrogens is 397 g/mol. The van der Waals surface area contributed by atoms with Gasteiger partial charge in [-0.25, -0.2) is 36.9 Å². The van der Waals surface area contributed by atoms with Crippen LogP contribution in [-0.2, 0) is 0 Å². The quantitative estimate of drug-likeness (QED) is 0.264. The van der Waals surface area contributed by atoms with E-state index in [0.29, 0.717) is 11.0 Å². The minimum atomic E-state index is -2.29. The summed E-state index contributed by atoms with van der Waals surface area (Å²) in [5.74, 6) is -11.3. The van der Waals surface area contributed by atoms with E-state index >= 15 is 0 Å². The number of nitrogens with zero attached hydrogens (tertiary/aromatic N) is 4. The van der Waals surface area contributed by atoms with Gasteiger partial charge in [0.2, 0.25) is 11.6 Å². The van der Waals surface area contributed by atoms with Gasteiger partial charge in [-0.2, -0.15) is 0 Å². The van der Waals surface area contributed by atoms with E-state index < -0.39 is 46.0 Å². The van der Waals surface area contributed by atoms with Crippen LogP contribution in [0.3, 0.4) is 0 Å². The zero-order valence-electron chi connectivity index (χ0n) is 14.0. The molecule has 6 nitrogen and oxygen atoms in total. The minimum Gasteiger partial charge on any atom is -0.291 e. The van der Waals surface area contributed by atoms with Gasteiger partial charge in [0, 0.05) is 6.20 Å². The fourth-order valence-electron chi connectivity index (χ4n) is 3.12. The third kappa shape index (κ3) is 2.27. The van der Waals surface area contributed by atoms with Gasteiger partial charge in [0.1, 0.15) is 5.39 Å². The number of aromatic amines is 1. The highest BCUT2D eigenvalue weighted by Crippen LogP contribution is 2.30. The van der Waals surface area contributed by atoms with Gasteiger partial charge < -0.3 is 0 Å². The van der Waals surface area contributed by atoms with E-state index in [2.05, 4.69) is 19.9 Å². The number of para-hydroxylation sites is 2. The molecule has 0 atom stereocenters. The summed E-state index contributed by atoms with van der Waals surface area (Å²) in [6.45, 7) is 0. The van der Waals surface area contributed by atoms with Gasteiger partial charge in [-0.15, -0.1) is 0 Å². The Bertz CT molecular complexity index is 1510. The van der Waals surface area contributed by atoms with Crippen molar-refractivity contribution < 1.29 is 22.0 Å². The lowest BCUT2D eigenvalue weighted by atomic mass is 10.1. The maximum absolute atomic E-state index is 14.2. The lowest BCUT2D eigenvalue weighted by Crippen LogP contribution is -2.13. The number of imidazole rings is 1. The third-order valence-corrected chi connectivity index (χ3v) is 4.44. The fourth-order valence-corrected chi connectivity index (χ4v) is 3.12. The molecule has 0 spiro atoms. The van der Waals surface area contributed by atoms with E-state index in [1.807, 2.05) is 0 Å². The van der Waals surface area contributed by atoms with Crippen LogP contribution in [0.25, 0.3) is 39.2 Å². The minimum absolute atomic E-state index is 0.0618. The SMILES string of the molecule is O=c1[nH]c2nc3ccccc3n2c2nc(-c3c(F)c(F)c(F)c(F)c3F)ncc12. The van der Waals surface area contributed by atoms with E-state index in [1.165, 1.54) is 4.40 Å². The van der Waals surface area contributed by atoms with Crippen LogP contribution in [0, 0.1) is 29.1 Å². The van der Waals surface area contributed by atoms with Crippen molar-refractivity contribution in [3.63, 3.8) is 0 Å². The predicted molar refractivity (Wildman–Crippen MR) is 91.6 cm³/mol. The van der Waals surface area contributed by atoms with Crippen LogP contribution in [0.15, 0.2) is 35.3 Å². The van der Waals surface area contributed by atoms with Crippen LogP contribution < -0.4 is 5.56 Å². The Labute approximate surface area is 156 Å². The number of hydrogen-bond acceptors (Lipinski definition) is 4. The van der Waals surface area contributed by atoms with Gasteiger partial charge in [0.15, 0.2) is 34.7 Å². The Kier molecular flexibility index (Phi) is 3.45. The van der Waals surface area contributed by atoms with Crippen molar-refractivity contribution >= 4 is 27.8 Å². The first kappa shape index (κ1) is 17.2. The maximum Gasteiger partial charge on any atom is 0.263 e. The average Bonchev–Trinajstić information content (AvgIpc) is 3.09. The molecule has 0 aliphatic rings. The Hall–Kier alpha value is -3.89. The summed E-state index contributed by atoms with van der Waals surface area (Å²) in [5.41, 5.74) is -1.03. The highest BCUT2D eigenvalue weighted by molar-refractivity contribution is 5.87. The molecule has 2 aromatic carbocycles. The normalized spacial score (nSPS) is 11.8. The third-order valence-electron chi connectivity index (χ3n) is 4.44. The van der Waals surface area contributed by atoms with Gasteiger partial charge in [-0.05, 0) is 12.1 Å². The van der Waals surface area contributed by atoms with Crippen molar-refractivity contribution in [1.29, 1.82) is 0 Å². The van der Waals surface area contributed by atoms with Crippen LogP contribution in [-0.4, -0.2) is 24.3 Å². The molecule has 144 valence electrons. The van der Waals surface area contributed by atoms with Crippen molar-refractivity contribution in [2.45, 2.75) is 0 Å². The molecule has 0 saturated carbocycles. The number of rotatable bonds is 1. The van der Waals surface area contributed by atoms with Crippen LogP contribution in [0.4, 0.5) is 22.0 Å². The topological polar surface area (TPSA) is 75.9 Å². The van der Waals surface area contributed by atoms with Crippen molar-refractivity contribution in [3.05, 3.63) is 69.9 Å². The molecule has 3 aromatic heterocycles. The molecule has 0 fully saturated rings. The van der Waals surface area contributed by atoms with Crippen molar-refractivity contribution in [1.82, 2.24) is 24.3 Å². The Morgan fingerprint density at radius 3 is 2.24 bits per heavy atom. The Morgan fingerprint density at radius 2 is 1.52 bits per heavy atom. The largest absolute Gasteiger partial charge is 0.291 e. The second-order valence-corrected chi connectivity index (χ2v) is 6.09.